The molecule has 0 aromatic carbocycles. The minimum atomic E-state index is -0.400. The minimum Gasteiger partial charge on any atom is -0.280 e. The van der Waals surface area contributed by atoms with Gasteiger partial charge in [-0.3, -0.25) is 4.79 Å². The summed E-state index contributed by atoms with van der Waals surface area (Å²) < 4.78 is 1.44. The monoisotopic (exact) mass is 212 g/mol. The number of rotatable bonds is 2. The van der Waals surface area contributed by atoms with Crippen LogP contribution in [0.15, 0.2) is 17.8 Å². The molecule has 2 aromatic heterocycles. The van der Waals surface area contributed by atoms with Gasteiger partial charge in [0.15, 0.2) is 5.69 Å². The Balaban J connectivity index is 2.39. The van der Waals surface area contributed by atoms with Crippen LogP contribution in [0.2, 0.25) is 0 Å². The molecule has 0 spiro atoms. The highest BCUT2D eigenvalue weighted by atomic mass is 32.1. The first kappa shape index (κ1) is 8.39. The van der Waals surface area contributed by atoms with Crippen LogP contribution >= 0.6 is 24.0 Å². The fourth-order valence-corrected chi connectivity index (χ4v) is 1.45. The van der Waals surface area contributed by atoms with Crippen LogP contribution in [0.5, 0.6) is 0 Å². The second-order valence-corrected chi connectivity index (χ2v) is 3.45. The summed E-state index contributed by atoms with van der Waals surface area (Å²) in [5, 5.41) is 9.44. The van der Waals surface area contributed by atoms with Gasteiger partial charge in [0.05, 0.1) is 6.20 Å². The van der Waals surface area contributed by atoms with Crippen LogP contribution in [-0.2, 0) is 0 Å². The van der Waals surface area contributed by atoms with Crippen molar-refractivity contribution in [1.82, 2.24) is 20.0 Å². The second-order valence-electron chi connectivity index (χ2n) is 2.17. The normalized spacial score (nSPS) is 10.2. The van der Waals surface area contributed by atoms with Gasteiger partial charge >= 0.3 is 0 Å². The highest BCUT2D eigenvalue weighted by molar-refractivity contribution is 7.97. The zero-order chi connectivity index (χ0) is 9.26. The molecule has 0 bridgehead atoms. The van der Waals surface area contributed by atoms with Crippen molar-refractivity contribution >= 4 is 29.1 Å². The van der Waals surface area contributed by atoms with Crippen molar-refractivity contribution in [2.24, 2.45) is 0 Å². The number of aromatic nitrogens is 4. The van der Waals surface area contributed by atoms with Crippen LogP contribution in [-0.4, -0.2) is 25.1 Å². The van der Waals surface area contributed by atoms with Gasteiger partial charge in [0, 0.05) is 11.6 Å². The van der Waals surface area contributed by atoms with Gasteiger partial charge in [-0.1, -0.05) is 17.8 Å². The maximum absolute atomic E-state index is 10.8. The van der Waals surface area contributed by atoms with Crippen LogP contribution < -0.4 is 0 Å². The van der Waals surface area contributed by atoms with E-state index in [1.54, 1.807) is 6.20 Å². The van der Waals surface area contributed by atoms with E-state index in [0.717, 1.165) is 0 Å². The molecule has 2 aromatic rings. The predicted molar refractivity (Wildman–Crippen MR) is 50.3 cm³/mol. The Morgan fingerprint density at radius 1 is 1.62 bits per heavy atom. The molecular formula is C6H4N4OS2. The summed E-state index contributed by atoms with van der Waals surface area (Å²) >= 11 is 5.04. The third kappa shape index (κ3) is 1.61. The van der Waals surface area contributed by atoms with Crippen molar-refractivity contribution < 1.29 is 4.79 Å². The van der Waals surface area contributed by atoms with Crippen molar-refractivity contribution in [3.05, 3.63) is 23.5 Å². The molecule has 2 rings (SSSR count). The number of thiazole rings is 1. The quantitative estimate of drug-likeness (QED) is 0.748. The Bertz CT molecular complexity index is 422. The zero-order valence-corrected chi connectivity index (χ0v) is 8.00. The van der Waals surface area contributed by atoms with E-state index in [1.807, 2.05) is 5.38 Å². The lowest BCUT2D eigenvalue weighted by Gasteiger charge is -1.88. The van der Waals surface area contributed by atoms with Crippen molar-refractivity contribution in [3.8, 4) is 5.13 Å². The number of carbonyl (C=O) groups is 1. The van der Waals surface area contributed by atoms with Gasteiger partial charge in [-0.15, -0.1) is 16.4 Å². The van der Waals surface area contributed by atoms with Crippen molar-refractivity contribution in [3.63, 3.8) is 0 Å². The molecule has 0 N–H and O–H groups in total. The van der Waals surface area contributed by atoms with Gasteiger partial charge in [-0.2, -0.15) is 4.68 Å². The largest absolute Gasteiger partial charge is 0.280 e. The Hall–Kier alpha value is -1.21. The maximum Gasteiger partial charge on any atom is 0.238 e. The molecule has 0 amide bonds. The first-order valence-corrected chi connectivity index (χ1v) is 4.65. The molecule has 0 aliphatic rings. The first-order valence-electron chi connectivity index (χ1n) is 3.33. The molecule has 7 heteroatoms. The third-order valence-corrected chi connectivity index (χ3v) is 2.32. The molecule has 0 fully saturated rings. The highest BCUT2D eigenvalue weighted by Gasteiger charge is 2.07. The van der Waals surface area contributed by atoms with Crippen molar-refractivity contribution in [2.75, 3.05) is 0 Å². The molecule has 0 saturated carbocycles. The lowest BCUT2D eigenvalue weighted by atomic mass is 10.5. The van der Waals surface area contributed by atoms with Gasteiger partial charge in [0.25, 0.3) is 0 Å². The van der Waals surface area contributed by atoms with Crippen LogP contribution in [0.3, 0.4) is 0 Å². The van der Waals surface area contributed by atoms with Crippen molar-refractivity contribution in [2.45, 2.75) is 0 Å². The number of hydrogen-bond acceptors (Lipinski definition) is 5. The molecule has 0 unspecified atom stereocenters. The average Bonchev–Trinajstić information content (AvgIpc) is 2.75. The average molecular weight is 212 g/mol. The Labute approximate surface area is 82.8 Å². The highest BCUT2D eigenvalue weighted by Crippen LogP contribution is 2.09. The van der Waals surface area contributed by atoms with Crippen molar-refractivity contribution in [1.29, 1.82) is 0 Å². The summed E-state index contributed by atoms with van der Waals surface area (Å²) in [5.41, 5.74) is 0.221. The molecule has 0 saturated heterocycles. The number of nitrogens with zero attached hydrogens (tertiary/aromatic N) is 4. The molecule has 5 nitrogen and oxygen atoms in total. The second kappa shape index (κ2) is 3.27. The molecular weight excluding hydrogens is 208 g/mol. The Kier molecular flexibility index (Phi) is 2.11. The van der Waals surface area contributed by atoms with E-state index in [1.165, 1.54) is 22.2 Å². The molecule has 2 heterocycles. The number of thiol groups is 1. The van der Waals surface area contributed by atoms with Gasteiger partial charge in [-0.25, -0.2) is 4.98 Å². The smallest absolute Gasteiger partial charge is 0.238 e. The molecule has 13 heavy (non-hydrogen) atoms. The fourth-order valence-electron chi connectivity index (χ4n) is 0.784. The fraction of sp³-hybridized carbons (Fsp3) is 0. The summed E-state index contributed by atoms with van der Waals surface area (Å²) in [6.07, 6.45) is 3.15. The van der Waals surface area contributed by atoms with Gasteiger partial charge in [-0.05, 0) is 0 Å². The van der Waals surface area contributed by atoms with E-state index >= 15 is 0 Å². The summed E-state index contributed by atoms with van der Waals surface area (Å²) in [6.45, 7) is 0. The van der Waals surface area contributed by atoms with E-state index in [9.17, 15) is 4.79 Å². The topological polar surface area (TPSA) is 60.7 Å². The van der Waals surface area contributed by atoms with Gasteiger partial charge in [0.1, 0.15) is 0 Å². The van der Waals surface area contributed by atoms with E-state index in [2.05, 4.69) is 27.9 Å². The zero-order valence-electron chi connectivity index (χ0n) is 6.28. The molecule has 0 atom stereocenters. The van der Waals surface area contributed by atoms with Gasteiger partial charge in [0.2, 0.25) is 10.2 Å². The van der Waals surface area contributed by atoms with Crippen LogP contribution in [0.1, 0.15) is 10.5 Å². The first-order chi connectivity index (χ1) is 6.27. The molecule has 0 aliphatic carbocycles. The Morgan fingerprint density at radius 3 is 3.00 bits per heavy atom. The lowest BCUT2D eigenvalue weighted by Crippen LogP contribution is -1.92. The number of carbonyl (C=O) groups excluding carboxylic acids is 1. The number of hydrogen-bond donors (Lipinski definition) is 1. The van der Waals surface area contributed by atoms with Crippen LogP contribution in [0, 0.1) is 0 Å². The maximum atomic E-state index is 10.8. The van der Waals surface area contributed by atoms with Gasteiger partial charge < -0.3 is 0 Å². The summed E-state index contributed by atoms with van der Waals surface area (Å²) in [5.74, 6) is 0. The standard InChI is InChI=1S/C6H4N4OS2/c11-5(12)4-3-10(9-8-4)6-7-1-2-13-6/h1-3H,(H,11,12). The summed E-state index contributed by atoms with van der Waals surface area (Å²) in [7, 11) is 0. The molecule has 0 aliphatic heterocycles. The van der Waals surface area contributed by atoms with E-state index in [0.29, 0.717) is 5.13 Å². The van der Waals surface area contributed by atoms with Crippen LogP contribution in [0.25, 0.3) is 5.13 Å². The predicted octanol–water partition coefficient (Wildman–Crippen LogP) is 0.794. The molecule has 0 radical (unpaired) electrons. The summed E-state index contributed by atoms with van der Waals surface area (Å²) in [6, 6.07) is 0. The molecule has 66 valence electrons. The van der Waals surface area contributed by atoms with E-state index < -0.39 is 5.12 Å². The lowest BCUT2D eigenvalue weighted by molar-refractivity contribution is 0.108. The van der Waals surface area contributed by atoms with E-state index in [4.69, 9.17) is 0 Å². The third-order valence-electron chi connectivity index (χ3n) is 1.33. The van der Waals surface area contributed by atoms with Crippen LogP contribution in [0.4, 0.5) is 0 Å². The summed E-state index contributed by atoms with van der Waals surface area (Å²) in [4.78, 5) is 14.8. The minimum absolute atomic E-state index is 0.221. The Morgan fingerprint density at radius 2 is 2.46 bits per heavy atom. The van der Waals surface area contributed by atoms with E-state index in [-0.39, 0.29) is 5.69 Å². The SMILES string of the molecule is O=C(S)c1cn(-c2nccs2)nn1.